The van der Waals surface area contributed by atoms with E-state index in [1.165, 1.54) is 6.08 Å². The molecule has 0 unspecified atom stereocenters. The highest BCUT2D eigenvalue weighted by Gasteiger charge is 2.51. The highest BCUT2D eigenvalue weighted by molar-refractivity contribution is 5.53. The van der Waals surface area contributed by atoms with Crippen molar-refractivity contribution in [1.29, 1.82) is 0 Å². The molecule has 0 aliphatic heterocycles. The number of hydrogen-bond donors (Lipinski definition) is 1. The second-order valence-electron chi connectivity index (χ2n) is 4.62. The number of halogens is 3. The molecule has 0 heterocycles. The predicted octanol–water partition coefficient (Wildman–Crippen LogP) is 4.04. The summed E-state index contributed by atoms with van der Waals surface area (Å²) in [5, 5.41) is 9.89. The molecule has 1 nitrogen and oxygen atoms in total. The molecule has 0 aliphatic carbocycles. The maximum atomic E-state index is 13.1. The van der Waals surface area contributed by atoms with Gasteiger partial charge in [0.25, 0.3) is 0 Å². The monoisotopic (exact) mass is 302 g/mol. The minimum Gasteiger partial charge on any atom is -0.367 e. The van der Waals surface area contributed by atoms with Crippen LogP contribution in [0.25, 0.3) is 6.08 Å². The summed E-state index contributed by atoms with van der Waals surface area (Å²) in [4.78, 5) is 0. The van der Waals surface area contributed by atoms with Crippen molar-refractivity contribution in [1.82, 2.24) is 0 Å². The van der Waals surface area contributed by atoms with Crippen LogP contribution in [0.3, 0.4) is 0 Å². The van der Waals surface area contributed by atoms with Crippen LogP contribution in [0.1, 0.15) is 11.1 Å². The van der Waals surface area contributed by atoms with E-state index < -0.39 is 11.8 Å². The van der Waals surface area contributed by atoms with E-state index >= 15 is 0 Å². The van der Waals surface area contributed by atoms with Gasteiger partial charge in [0.15, 0.2) is 0 Å². The molecule has 0 saturated heterocycles. The largest absolute Gasteiger partial charge is 0.432 e. The van der Waals surface area contributed by atoms with Gasteiger partial charge in [-0.1, -0.05) is 60.5 Å². The Morgan fingerprint density at radius 2 is 1.41 bits per heavy atom. The van der Waals surface area contributed by atoms with Gasteiger partial charge in [-0.05, 0) is 29.7 Å². The molecule has 2 rings (SSSR count). The van der Waals surface area contributed by atoms with Gasteiger partial charge in [-0.25, -0.2) is 0 Å². The van der Waals surface area contributed by atoms with Crippen LogP contribution < -0.4 is 0 Å². The fraction of sp³-hybridized carbons (Fsp3) is 0.111. The Balaban J connectivity index is 2.34. The molecule has 2 aromatic carbocycles. The molecular formula is C18H13F3O. The SMILES string of the molecule is O[C@@](C#Cc1ccccc1)(/C=C/c1ccccc1)C(F)(F)F. The first-order valence-electron chi connectivity index (χ1n) is 6.52. The summed E-state index contributed by atoms with van der Waals surface area (Å²) < 4.78 is 39.3. The van der Waals surface area contributed by atoms with Crippen molar-refractivity contribution >= 4 is 6.08 Å². The Hall–Kier alpha value is -2.51. The molecule has 4 heteroatoms. The molecule has 0 amide bonds. The maximum Gasteiger partial charge on any atom is 0.432 e. The van der Waals surface area contributed by atoms with E-state index in [1.807, 2.05) is 5.92 Å². The van der Waals surface area contributed by atoms with Gasteiger partial charge in [-0.15, -0.1) is 0 Å². The fourth-order valence-corrected chi connectivity index (χ4v) is 1.68. The minimum atomic E-state index is -4.89. The first kappa shape index (κ1) is 15.9. The molecular weight excluding hydrogens is 289 g/mol. The zero-order valence-corrected chi connectivity index (χ0v) is 11.5. The summed E-state index contributed by atoms with van der Waals surface area (Å²) >= 11 is 0. The molecule has 0 fully saturated rings. The first-order valence-corrected chi connectivity index (χ1v) is 6.52. The third kappa shape index (κ3) is 4.00. The van der Waals surface area contributed by atoms with E-state index in [0.29, 0.717) is 17.2 Å². The van der Waals surface area contributed by atoms with Crippen molar-refractivity contribution in [2.24, 2.45) is 0 Å². The molecule has 1 N–H and O–H groups in total. The van der Waals surface area contributed by atoms with E-state index in [4.69, 9.17) is 0 Å². The summed E-state index contributed by atoms with van der Waals surface area (Å²) in [6.07, 6.45) is -3.02. The molecule has 1 atom stereocenters. The van der Waals surface area contributed by atoms with E-state index in [0.717, 1.165) is 0 Å². The summed E-state index contributed by atoms with van der Waals surface area (Å²) in [6, 6.07) is 16.6. The third-order valence-electron chi connectivity index (χ3n) is 2.92. The highest BCUT2D eigenvalue weighted by Crippen LogP contribution is 2.31. The lowest BCUT2D eigenvalue weighted by Crippen LogP contribution is -2.41. The normalized spacial score (nSPS) is 14.2. The summed E-state index contributed by atoms with van der Waals surface area (Å²) in [6.45, 7) is 0. The molecule has 0 saturated carbocycles. The molecule has 22 heavy (non-hydrogen) atoms. The Kier molecular flexibility index (Phi) is 4.69. The molecule has 0 aliphatic rings. The van der Waals surface area contributed by atoms with Gasteiger partial charge in [0.1, 0.15) is 0 Å². The van der Waals surface area contributed by atoms with Crippen LogP contribution in [0.4, 0.5) is 13.2 Å². The second-order valence-corrected chi connectivity index (χ2v) is 4.62. The highest BCUT2D eigenvalue weighted by atomic mass is 19.4. The predicted molar refractivity (Wildman–Crippen MR) is 79.8 cm³/mol. The number of alkyl halides is 3. The Morgan fingerprint density at radius 1 is 0.864 bits per heavy atom. The fourth-order valence-electron chi connectivity index (χ4n) is 1.68. The van der Waals surface area contributed by atoms with Crippen LogP contribution in [0.15, 0.2) is 66.7 Å². The number of rotatable bonds is 2. The standard InChI is InChI=1S/C18H13F3O/c19-18(20,21)17(22,13-11-15-7-3-1-4-8-15)14-12-16-9-5-2-6-10-16/h1-11,13,22H/b13-11+/t17-/m1/s1. The lowest BCUT2D eigenvalue weighted by Gasteiger charge is -2.21. The van der Waals surface area contributed by atoms with Gasteiger partial charge in [-0.3, -0.25) is 0 Å². The summed E-state index contributed by atoms with van der Waals surface area (Å²) in [7, 11) is 0. The maximum absolute atomic E-state index is 13.1. The average Bonchev–Trinajstić information content (AvgIpc) is 2.52. The molecule has 2 aromatic rings. The Labute approximate surface area is 126 Å². The van der Waals surface area contributed by atoms with Crippen molar-refractivity contribution in [3.05, 3.63) is 77.9 Å². The van der Waals surface area contributed by atoms with Crippen LogP contribution in [0.5, 0.6) is 0 Å². The smallest absolute Gasteiger partial charge is 0.367 e. The van der Waals surface area contributed by atoms with Gasteiger partial charge in [0.2, 0.25) is 5.60 Å². The zero-order chi connectivity index (χ0) is 16.1. The lowest BCUT2D eigenvalue weighted by atomic mass is 10.0. The van der Waals surface area contributed by atoms with Crippen molar-refractivity contribution in [3.8, 4) is 11.8 Å². The third-order valence-corrected chi connectivity index (χ3v) is 2.92. The molecule has 0 bridgehead atoms. The molecule has 112 valence electrons. The van der Waals surface area contributed by atoms with Crippen LogP contribution >= 0.6 is 0 Å². The van der Waals surface area contributed by atoms with E-state index in [1.54, 1.807) is 60.7 Å². The molecule has 0 aromatic heterocycles. The van der Waals surface area contributed by atoms with Crippen LogP contribution in [0.2, 0.25) is 0 Å². The molecule has 0 spiro atoms. The average molecular weight is 302 g/mol. The van der Waals surface area contributed by atoms with E-state index in [9.17, 15) is 18.3 Å². The summed E-state index contributed by atoms with van der Waals surface area (Å²) in [5.74, 6) is 4.27. The van der Waals surface area contributed by atoms with Gasteiger partial charge in [0, 0.05) is 5.56 Å². The van der Waals surface area contributed by atoms with Gasteiger partial charge < -0.3 is 5.11 Å². The Morgan fingerprint density at radius 3 is 1.95 bits per heavy atom. The number of aliphatic hydroxyl groups is 1. The van der Waals surface area contributed by atoms with Gasteiger partial charge in [0.05, 0.1) is 0 Å². The lowest BCUT2D eigenvalue weighted by molar-refractivity contribution is -0.216. The van der Waals surface area contributed by atoms with E-state index in [-0.39, 0.29) is 0 Å². The first-order chi connectivity index (χ1) is 10.4. The van der Waals surface area contributed by atoms with Crippen molar-refractivity contribution in [3.63, 3.8) is 0 Å². The number of hydrogen-bond acceptors (Lipinski definition) is 1. The molecule has 0 radical (unpaired) electrons. The summed E-state index contributed by atoms with van der Waals surface area (Å²) in [5.41, 5.74) is -2.25. The Bertz CT molecular complexity index is 694. The van der Waals surface area contributed by atoms with E-state index in [2.05, 4.69) is 5.92 Å². The zero-order valence-electron chi connectivity index (χ0n) is 11.5. The number of benzene rings is 2. The van der Waals surface area contributed by atoms with Crippen molar-refractivity contribution < 1.29 is 18.3 Å². The topological polar surface area (TPSA) is 20.2 Å². The van der Waals surface area contributed by atoms with Crippen LogP contribution in [-0.4, -0.2) is 16.9 Å². The second kappa shape index (κ2) is 6.50. The minimum absolute atomic E-state index is 0.401. The van der Waals surface area contributed by atoms with Gasteiger partial charge >= 0.3 is 6.18 Å². The van der Waals surface area contributed by atoms with Crippen LogP contribution in [0, 0.1) is 11.8 Å². The van der Waals surface area contributed by atoms with Gasteiger partial charge in [-0.2, -0.15) is 13.2 Å². The van der Waals surface area contributed by atoms with Crippen molar-refractivity contribution in [2.75, 3.05) is 0 Å². The van der Waals surface area contributed by atoms with Crippen LogP contribution in [-0.2, 0) is 0 Å². The van der Waals surface area contributed by atoms with Crippen molar-refractivity contribution in [2.45, 2.75) is 11.8 Å². The quantitative estimate of drug-likeness (QED) is 0.830.